The first-order chi connectivity index (χ1) is 13.5. The summed E-state index contributed by atoms with van der Waals surface area (Å²) in [6.45, 7) is 0.264. The topological polar surface area (TPSA) is 104 Å². The molecule has 7 nitrogen and oxygen atoms in total. The zero-order chi connectivity index (χ0) is 19.6. The number of fused-ring (bicyclic) bond motifs is 1. The number of aromatic nitrogens is 2. The van der Waals surface area contributed by atoms with Crippen LogP contribution in [0.4, 0.5) is 5.69 Å². The number of sulfonamides is 1. The summed E-state index contributed by atoms with van der Waals surface area (Å²) >= 11 is 1.14. The van der Waals surface area contributed by atoms with Gasteiger partial charge in [0.1, 0.15) is 10.0 Å². The molecule has 0 saturated carbocycles. The third-order valence-electron chi connectivity index (χ3n) is 4.01. The Hall–Kier alpha value is -3.17. The number of rotatable bonds is 6. The lowest BCUT2D eigenvalue weighted by molar-refractivity contribution is 0.0950. The van der Waals surface area contributed by atoms with E-state index in [1.807, 2.05) is 24.3 Å². The third kappa shape index (κ3) is 3.90. The number of nitrogens with zero attached hydrogens (tertiary/aromatic N) is 1. The Morgan fingerprint density at radius 2 is 1.82 bits per heavy atom. The van der Waals surface area contributed by atoms with E-state index in [2.05, 4.69) is 20.0 Å². The highest BCUT2D eigenvalue weighted by molar-refractivity contribution is 7.94. The van der Waals surface area contributed by atoms with Gasteiger partial charge in [-0.3, -0.25) is 9.52 Å². The number of aromatic amines is 1. The van der Waals surface area contributed by atoms with Gasteiger partial charge < -0.3 is 10.3 Å². The van der Waals surface area contributed by atoms with E-state index in [0.717, 1.165) is 22.4 Å². The molecule has 0 aliphatic heterocycles. The lowest BCUT2D eigenvalue weighted by Gasteiger charge is -2.07. The van der Waals surface area contributed by atoms with Crippen LogP contribution in [0.15, 0.2) is 70.3 Å². The molecule has 0 spiro atoms. The van der Waals surface area contributed by atoms with Crippen LogP contribution in [0.2, 0.25) is 0 Å². The van der Waals surface area contributed by atoms with E-state index in [0.29, 0.717) is 17.1 Å². The van der Waals surface area contributed by atoms with Crippen molar-refractivity contribution in [1.82, 2.24) is 15.3 Å². The van der Waals surface area contributed by atoms with Crippen LogP contribution in [-0.2, 0) is 16.6 Å². The number of thiophene rings is 1. The molecule has 0 unspecified atom stereocenters. The van der Waals surface area contributed by atoms with Crippen LogP contribution in [0.1, 0.15) is 16.2 Å². The minimum absolute atomic E-state index is 0.236. The van der Waals surface area contributed by atoms with E-state index < -0.39 is 10.0 Å². The fraction of sp³-hybridized carbons (Fsp3) is 0.0526. The Morgan fingerprint density at radius 3 is 2.54 bits per heavy atom. The van der Waals surface area contributed by atoms with Crippen LogP contribution >= 0.6 is 11.3 Å². The normalized spacial score (nSPS) is 11.4. The predicted octanol–water partition coefficient (Wildman–Crippen LogP) is 3.36. The average molecular weight is 412 g/mol. The van der Waals surface area contributed by atoms with Crippen LogP contribution in [0.25, 0.3) is 11.0 Å². The number of H-pyrrole nitrogens is 1. The molecule has 142 valence electrons. The molecule has 4 aromatic rings. The second-order valence-electron chi connectivity index (χ2n) is 6.00. The predicted molar refractivity (Wildman–Crippen MR) is 109 cm³/mol. The summed E-state index contributed by atoms with van der Waals surface area (Å²) in [6.07, 6.45) is 0. The quantitative estimate of drug-likeness (QED) is 0.452. The van der Waals surface area contributed by atoms with Crippen molar-refractivity contribution in [2.75, 3.05) is 4.72 Å². The first kappa shape index (κ1) is 18.2. The summed E-state index contributed by atoms with van der Waals surface area (Å²) in [4.78, 5) is 19.9. The fourth-order valence-corrected chi connectivity index (χ4v) is 4.72. The van der Waals surface area contributed by atoms with Gasteiger partial charge in [0.15, 0.2) is 0 Å². The molecule has 0 radical (unpaired) electrons. The van der Waals surface area contributed by atoms with Crippen LogP contribution in [0.5, 0.6) is 0 Å². The van der Waals surface area contributed by atoms with Gasteiger partial charge >= 0.3 is 0 Å². The summed E-state index contributed by atoms with van der Waals surface area (Å²) in [7, 11) is -3.61. The number of benzene rings is 2. The van der Waals surface area contributed by atoms with Crippen LogP contribution in [0, 0.1) is 0 Å². The maximum atomic E-state index is 12.3. The molecule has 4 rings (SSSR count). The van der Waals surface area contributed by atoms with Gasteiger partial charge in [0.2, 0.25) is 0 Å². The van der Waals surface area contributed by atoms with E-state index in [4.69, 9.17) is 0 Å². The molecule has 1 amide bonds. The first-order valence-electron chi connectivity index (χ1n) is 8.39. The molecular formula is C19H16N4O3S2. The van der Waals surface area contributed by atoms with Gasteiger partial charge in [0.05, 0.1) is 17.6 Å². The maximum absolute atomic E-state index is 12.3. The lowest BCUT2D eigenvalue weighted by Crippen LogP contribution is -2.23. The van der Waals surface area contributed by atoms with Crippen LogP contribution < -0.4 is 10.0 Å². The molecule has 2 heterocycles. The molecule has 2 aromatic heterocycles. The van der Waals surface area contributed by atoms with Gasteiger partial charge in [0, 0.05) is 11.3 Å². The highest BCUT2D eigenvalue weighted by Gasteiger charge is 2.15. The molecule has 0 aliphatic rings. The van der Waals surface area contributed by atoms with Gasteiger partial charge in [-0.2, -0.15) is 0 Å². The Balaban J connectivity index is 1.39. The smallest absolute Gasteiger partial charge is 0.271 e. The van der Waals surface area contributed by atoms with Crippen molar-refractivity contribution < 1.29 is 13.2 Å². The van der Waals surface area contributed by atoms with Crippen molar-refractivity contribution in [3.05, 3.63) is 77.4 Å². The Labute approximate surface area is 165 Å². The number of hydrogen-bond donors (Lipinski definition) is 3. The van der Waals surface area contributed by atoms with Crippen molar-refractivity contribution in [2.24, 2.45) is 0 Å². The lowest BCUT2D eigenvalue weighted by atomic mass is 10.2. The van der Waals surface area contributed by atoms with Crippen LogP contribution in [0.3, 0.4) is 0 Å². The maximum Gasteiger partial charge on any atom is 0.271 e. The highest BCUT2D eigenvalue weighted by atomic mass is 32.2. The molecule has 28 heavy (non-hydrogen) atoms. The minimum Gasteiger partial charge on any atom is -0.345 e. The van der Waals surface area contributed by atoms with Crippen molar-refractivity contribution in [3.63, 3.8) is 0 Å². The summed E-state index contributed by atoms with van der Waals surface area (Å²) in [6, 6.07) is 17.1. The Bertz CT molecular complexity index is 1180. The van der Waals surface area contributed by atoms with Gasteiger partial charge in [0.25, 0.3) is 15.9 Å². The second kappa shape index (κ2) is 7.45. The standard InChI is InChI=1S/C19H16N4O3S2/c24-19(20-12-17-21-15-4-1-2-5-16(15)22-17)13-7-9-14(10-8-13)23-28(25,26)18-6-3-11-27-18/h1-11,23H,12H2,(H,20,24)(H,21,22). The number of nitrogens with one attached hydrogen (secondary N) is 3. The second-order valence-corrected chi connectivity index (χ2v) is 8.86. The molecule has 0 bridgehead atoms. The van der Waals surface area contributed by atoms with E-state index in [1.165, 1.54) is 6.07 Å². The summed E-state index contributed by atoms with van der Waals surface area (Å²) in [5.41, 5.74) is 2.57. The molecule has 0 atom stereocenters. The fourth-order valence-electron chi connectivity index (χ4n) is 2.67. The number of carbonyl (C=O) groups is 1. The largest absolute Gasteiger partial charge is 0.345 e. The van der Waals surface area contributed by atoms with Gasteiger partial charge in [-0.25, -0.2) is 13.4 Å². The van der Waals surface area contributed by atoms with E-state index in [1.54, 1.807) is 35.7 Å². The van der Waals surface area contributed by atoms with Gasteiger partial charge in [-0.05, 0) is 47.8 Å². The number of para-hydroxylation sites is 2. The van der Waals surface area contributed by atoms with E-state index in [-0.39, 0.29) is 16.7 Å². The SMILES string of the molecule is O=C(NCc1nc2ccccc2[nH]1)c1ccc(NS(=O)(=O)c2cccs2)cc1. The van der Waals surface area contributed by atoms with Crippen molar-refractivity contribution in [1.29, 1.82) is 0 Å². The van der Waals surface area contributed by atoms with Crippen molar-refractivity contribution in [2.45, 2.75) is 10.8 Å². The van der Waals surface area contributed by atoms with Gasteiger partial charge in [-0.15, -0.1) is 11.3 Å². The number of amides is 1. The zero-order valence-electron chi connectivity index (χ0n) is 14.5. The molecule has 0 saturated heterocycles. The molecule has 2 aromatic carbocycles. The van der Waals surface area contributed by atoms with E-state index in [9.17, 15) is 13.2 Å². The average Bonchev–Trinajstić information content (AvgIpc) is 3.36. The summed E-state index contributed by atoms with van der Waals surface area (Å²) in [5, 5.41) is 4.50. The molecule has 0 fully saturated rings. The molecule has 3 N–H and O–H groups in total. The van der Waals surface area contributed by atoms with Crippen LogP contribution in [-0.4, -0.2) is 24.3 Å². The first-order valence-corrected chi connectivity index (χ1v) is 10.8. The number of imidazole rings is 1. The Morgan fingerprint density at radius 1 is 1.04 bits per heavy atom. The third-order valence-corrected chi connectivity index (χ3v) is 6.79. The number of carbonyl (C=O) groups excluding carboxylic acids is 1. The summed E-state index contributed by atoms with van der Waals surface area (Å²) in [5.74, 6) is 0.392. The van der Waals surface area contributed by atoms with Gasteiger partial charge in [-0.1, -0.05) is 18.2 Å². The molecular weight excluding hydrogens is 396 g/mol. The molecule has 9 heteroatoms. The monoisotopic (exact) mass is 412 g/mol. The highest BCUT2D eigenvalue weighted by Crippen LogP contribution is 2.20. The Kier molecular flexibility index (Phi) is 4.84. The zero-order valence-corrected chi connectivity index (χ0v) is 16.2. The van der Waals surface area contributed by atoms with Crippen molar-refractivity contribution >= 4 is 44.0 Å². The minimum atomic E-state index is -3.61. The van der Waals surface area contributed by atoms with Crippen molar-refractivity contribution in [3.8, 4) is 0 Å². The van der Waals surface area contributed by atoms with E-state index >= 15 is 0 Å². The number of anilines is 1. The molecule has 0 aliphatic carbocycles. The summed E-state index contributed by atoms with van der Waals surface area (Å²) < 4.78 is 27.2. The number of hydrogen-bond acceptors (Lipinski definition) is 5.